The Kier molecular flexibility index (Phi) is 5.33. The van der Waals surface area contributed by atoms with Crippen LogP contribution >= 0.6 is 0 Å². The van der Waals surface area contributed by atoms with Crippen LogP contribution in [0.25, 0.3) is 5.69 Å². The first-order valence-corrected chi connectivity index (χ1v) is 9.44. The second-order valence-corrected chi connectivity index (χ2v) is 7.10. The standard InChI is InChI=1S/C21H21N5O3/c1-29-21(28)18-4-2-3-15(12-18)11-16-9-10-25(13-16)20(27)17-5-7-19(8-6-17)26-14-22-23-24-26/h2-8,12,14,16H,9-11,13H2,1H3. The first-order valence-electron chi connectivity index (χ1n) is 9.44. The molecule has 1 saturated heterocycles. The van der Waals surface area contributed by atoms with E-state index >= 15 is 0 Å². The van der Waals surface area contributed by atoms with Gasteiger partial charge in [-0.05, 0) is 71.1 Å². The van der Waals surface area contributed by atoms with Crippen molar-refractivity contribution in [1.82, 2.24) is 25.1 Å². The Bertz CT molecular complexity index is 1000. The molecule has 1 aliphatic heterocycles. The van der Waals surface area contributed by atoms with Crippen molar-refractivity contribution < 1.29 is 14.3 Å². The Labute approximate surface area is 168 Å². The number of methoxy groups -OCH3 is 1. The van der Waals surface area contributed by atoms with Gasteiger partial charge in [0.25, 0.3) is 5.91 Å². The number of tetrazole rings is 1. The third-order valence-corrected chi connectivity index (χ3v) is 5.17. The van der Waals surface area contributed by atoms with Crippen LogP contribution in [-0.2, 0) is 11.2 Å². The average Bonchev–Trinajstić information content (AvgIpc) is 3.45. The molecule has 4 rings (SSSR count). The molecule has 0 aliphatic carbocycles. The van der Waals surface area contributed by atoms with Crippen LogP contribution in [0, 0.1) is 5.92 Å². The lowest BCUT2D eigenvalue weighted by Gasteiger charge is -2.17. The van der Waals surface area contributed by atoms with E-state index < -0.39 is 0 Å². The number of hydrogen-bond acceptors (Lipinski definition) is 6. The summed E-state index contributed by atoms with van der Waals surface area (Å²) >= 11 is 0. The van der Waals surface area contributed by atoms with E-state index in [1.165, 1.54) is 13.4 Å². The summed E-state index contributed by atoms with van der Waals surface area (Å²) in [4.78, 5) is 26.4. The van der Waals surface area contributed by atoms with Gasteiger partial charge in [0.2, 0.25) is 0 Å². The zero-order valence-corrected chi connectivity index (χ0v) is 16.1. The van der Waals surface area contributed by atoms with Crippen molar-refractivity contribution in [2.75, 3.05) is 20.2 Å². The van der Waals surface area contributed by atoms with Gasteiger partial charge in [0.15, 0.2) is 0 Å². The molecule has 0 bridgehead atoms. The van der Waals surface area contributed by atoms with E-state index in [1.807, 2.05) is 35.2 Å². The molecule has 0 spiro atoms. The average molecular weight is 391 g/mol. The summed E-state index contributed by atoms with van der Waals surface area (Å²) in [5.41, 5.74) is 3.09. The number of benzene rings is 2. The quantitative estimate of drug-likeness (QED) is 0.619. The summed E-state index contributed by atoms with van der Waals surface area (Å²) in [5, 5.41) is 11.1. The largest absolute Gasteiger partial charge is 0.465 e. The Morgan fingerprint density at radius 1 is 1.14 bits per heavy atom. The number of ether oxygens (including phenoxy) is 1. The molecule has 0 saturated carbocycles. The highest BCUT2D eigenvalue weighted by Crippen LogP contribution is 2.23. The summed E-state index contributed by atoms with van der Waals surface area (Å²) in [6.07, 6.45) is 3.28. The molecule has 1 aromatic heterocycles. The van der Waals surface area contributed by atoms with Gasteiger partial charge in [0, 0.05) is 18.7 Å². The van der Waals surface area contributed by atoms with Crippen LogP contribution in [0.1, 0.15) is 32.7 Å². The number of likely N-dealkylation sites (tertiary alicyclic amines) is 1. The van der Waals surface area contributed by atoms with E-state index in [9.17, 15) is 9.59 Å². The predicted octanol–water partition coefficient (Wildman–Crippen LogP) is 2.15. The maximum absolute atomic E-state index is 12.8. The van der Waals surface area contributed by atoms with Crippen LogP contribution in [0.4, 0.5) is 0 Å². The van der Waals surface area contributed by atoms with Crippen LogP contribution in [0.15, 0.2) is 54.9 Å². The maximum atomic E-state index is 12.8. The molecule has 1 atom stereocenters. The molecule has 1 aliphatic rings. The molecule has 8 nitrogen and oxygen atoms in total. The number of carbonyl (C=O) groups is 2. The fourth-order valence-electron chi connectivity index (χ4n) is 3.68. The van der Waals surface area contributed by atoms with Gasteiger partial charge in [-0.2, -0.15) is 0 Å². The van der Waals surface area contributed by atoms with E-state index in [0.29, 0.717) is 23.6 Å². The lowest BCUT2D eigenvalue weighted by molar-refractivity contribution is 0.0600. The van der Waals surface area contributed by atoms with Crippen LogP contribution < -0.4 is 0 Å². The van der Waals surface area contributed by atoms with Gasteiger partial charge in [-0.25, -0.2) is 9.48 Å². The third kappa shape index (κ3) is 4.16. The highest BCUT2D eigenvalue weighted by atomic mass is 16.5. The topological polar surface area (TPSA) is 90.2 Å². The second kappa shape index (κ2) is 8.22. The number of nitrogens with zero attached hydrogens (tertiary/aromatic N) is 5. The van der Waals surface area contributed by atoms with E-state index in [1.54, 1.807) is 22.9 Å². The van der Waals surface area contributed by atoms with Crippen LogP contribution in [0.2, 0.25) is 0 Å². The van der Waals surface area contributed by atoms with Crippen molar-refractivity contribution in [2.24, 2.45) is 5.92 Å². The summed E-state index contributed by atoms with van der Waals surface area (Å²) in [5.74, 6) is 0.0617. The van der Waals surface area contributed by atoms with Crippen LogP contribution in [0.3, 0.4) is 0 Å². The fourth-order valence-corrected chi connectivity index (χ4v) is 3.68. The summed E-state index contributed by atoms with van der Waals surface area (Å²) in [7, 11) is 1.38. The smallest absolute Gasteiger partial charge is 0.337 e. The van der Waals surface area contributed by atoms with Crippen molar-refractivity contribution in [1.29, 1.82) is 0 Å². The molecule has 8 heteroatoms. The van der Waals surface area contributed by atoms with Gasteiger partial charge in [0.1, 0.15) is 6.33 Å². The van der Waals surface area contributed by atoms with Crippen molar-refractivity contribution in [3.63, 3.8) is 0 Å². The van der Waals surface area contributed by atoms with E-state index in [4.69, 9.17) is 4.74 Å². The summed E-state index contributed by atoms with van der Waals surface area (Å²) in [6.45, 7) is 1.44. The highest BCUT2D eigenvalue weighted by molar-refractivity contribution is 5.94. The minimum atomic E-state index is -0.333. The van der Waals surface area contributed by atoms with Crippen molar-refractivity contribution in [3.05, 3.63) is 71.5 Å². The van der Waals surface area contributed by atoms with Gasteiger partial charge in [-0.15, -0.1) is 5.10 Å². The molecule has 29 heavy (non-hydrogen) atoms. The Hall–Kier alpha value is -3.55. The third-order valence-electron chi connectivity index (χ3n) is 5.17. The minimum absolute atomic E-state index is 0.0269. The minimum Gasteiger partial charge on any atom is -0.465 e. The fraction of sp³-hybridized carbons (Fsp3) is 0.286. The lowest BCUT2D eigenvalue weighted by atomic mass is 9.97. The molecule has 1 fully saturated rings. The Balaban J connectivity index is 1.38. The zero-order chi connectivity index (χ0) is 20.2. The summed E-state index contributed by atoms with van der Waals surface area (Å²) in [6, 6.07) is 14.7. The van der Waals surface area contributed by atoms with Gasteiger partial charge in [0.05, 0.1) is 18.4 Å². The molecule has 3 aromatic rings. The van der Waals surface area contributed by atoms with E-state index in [-0.39, 0.29) is 11.9 Å². The monoisotopic (exact) mass is 391 g/mol. The van der Waals surface area contributed by atoms with E-state index in [2.05, 4.69) is 15.5 Å². The molecular formula is C21H21N5O3. The molecule has 1 amide bonds. The predicted molar refractivity (Wildman–Crippen MR) is 105 cm³/mol. The zero-order valence-electron chi connectivity index (χ0n) is 16.1. The number of hydrogen-bond donors (Lipinski definition) is 0. The normalized spacial score (nSPS) is 16.0. The number of aromatic nitrogens is 4. The molecule has 0 radical (unpaired) electrons. The first kappa shape index (κ1) is 18.8. The van der Waals surface area contributed by atoms with E-state index in [0.717, 1.165) is 30.6 Å². The maximum Gasteiger partial charge on any atom is 0.337 e. The highest BCUT2D eigenvalue weighted by Gasteiger charge is 2.27. The van der Waals surface area contributed by atoms with Gasteiger partial charge < -0.3 is 9.64 Å². The molecule has 0 N–H and O–H groups in total. The molecule has 2 aromatic carbocycles. The Morgan fingerprint density at radius 3 is 2.69 bits per heavy atom. The van der Waals surface area contributed by atoms with Crippen molar-refractivity contribution in [3.8, 4) is 5.69 Å². The Morgan fingerprint density at radius 2 is 1.97 bits per heavy atom. The van der Waals surface area contributed by atoms with Crippen LogP contribution in [-0.4, -0.2) is 57.2 Å². The molecule has 1 unspecified atom stereocenters. The molecule has 2 heterocycles. The van der Waals surface area contributed by atoms with Crippen molar-refractivity contribution in [2.45, 2.75) is 12.8 Å². The van der Waals surface area contributed by atoms with Gasteiger partial charge in [-0.1, -0.05) is 12.1 Å². The van der Waals surface area contributed by atoms with Crippen molar-refractivity contribution >= 4 is 11.9 Å². The molecule has 148 valence electrons. The van der Waals surface area contributed by atoms with Gasteiger partial charge in [-0.3, -0.25) is 4.79 Å². The number of carbonyl (C=O) groups excluding carboxylic acids is 2. The number of rotatable bonds is 5. The van der Waals surface area contributed by atoms with Gasteiger partial charge >= 0.3 is 5.97 Å². The second-order valence-electron chi connectivity index (χ2n) is 7.10. The summed E-state index contributed by atoms with van der Waals surface area (Å²) < 4.78 is 6.33. The molecular weight excluding hydrogens is 370 g/mol. The first-order chi connectivity index (χ1) is 14.1. The SMILES string of the molecule is COC(=O)c1cccc(CC2CCN(C(=O)c3ccc(-n4cnnn4)cc3)C2)c1. The lowest BCUT2D eigenvalue weighted by Crippen LogP contribution is -2.28. The number of esters is 1. The number of amides is 1. The van der Waals surface area contributed by atoms with Crippen LogP contribution in [0.5, 0.6) is 0 Å².